The summed E-state index contributed by atoms with van der Waals surface area (Å²) in [5, 5.41) is 16.8. The summed E-state index contributed by atoms with van der Waals surface area (Å²) in [7, 11) is 0. The summed E-state index contributed by atoms with van der Waals surface area (Å²) in [5.74, 6) is 1.14. The van der Waals surface area contributed by atoms with Crippen LogP contribution in [0.3, 0.4) is 0 Å². The first-order valence-corrected chi connectivity index (χ1v) is 8.77. The zero-order valence-corrected chi connectivity index (χ0v) is 18.3. The van der Waals surface area contributed by atoms with Gasteiger partial charge < -0.3 is 20.5 Å². The number of pyridine rings is 1. The molecule has 0 spiro atoms. The molecule has 0 aliphatic carbocycles. The molecule has 1 atom stereocenters. The number of nitrogens with zero attached hydrogens (tertiary/aromatic N) is 2. The van der Waals surface area contributed by atoms with Gasteiger partial charge in [0.15, 0.2) is 5.96 Å². The van der Waals surface area contributed by atoms with Crippen molar-refractivity contribution < 1.29 is 9.84 Å². The molecule has 6 nitrogen and oxygen atoms in total. The summed E-state index contributed by atoms with van der Waals surface area (Å²) in [6.45, 7) is 8.88. The van der Waals surface area contributed by atoms with E-state index in [9.17, 15) is 5.11 Å². The van der Waals surface area contributed by atoms with E-state index < -0.39 is 6.10 Å². The van der Waals surface area contributed by atoms with E-state index in [1.54, 1.807) is 12.3 Å². The predicted molar refractivity (Wildman–Crippen MR) is 114 cm³/mol. The molecule has 0 bridgehead atoms. The molecule has 3 N–H and O–H groups in total. The molecule has 1 heterocycles. The average Bonchev–Trinajstić information content (AvgIpc) is 2.54. The Labute approximate surface area is 172 Å². The van der Waals surface area contributed by atoms with Gasteiger partial charge in [0.25, 0.3) is 0 Å². The lowest BCUT2D eigenvalue weighted by Crippen LogP contribution is -2.39. The Morgan fingerprint density at radius 3 is 2.68 bits per heavy atom. The molecule has 1 aromatic heterocycles. The molecule has 0 radical (unpaired) electrons. The normalized spacial score (nSPS) is 12.6. The number of aliphatic imine (C=N–C) groups is 1. The quantitative estimate of drug-likeness (QED) is 0.206. The maximum atomic E-state index is 9.90. The number of nitrogens with one attached hydrogen (secondary N) is 2. The highest BCUT2D eigenvalue weighted by molar-refractivity contribution is 14.0. The molecule has 0 fully saturated rings. The lowest BCUT2D eigenvalue weighted by Gasteiger charge is -2.14. The largest absolute Gasteiger partial charge is 0.389 e. The Hall–Kier alpha value is -0.640. The van der Waals surface area contributed by atoms with Gasteiger partial charge in [-0.3, -0.25) is 4.99 Å². The Morgan fingerprint density at radius 2 is 2.08 bits per heavy atom. The van der Waals surface area contributed by atoms with E-state index >= 15 is 0 Å². The smallest absolute Gasteiger partial charge is 0.191 e. The number of rotatable bonds is 10. The third kappa shape index (κ3) is 12.4. The van der Waals surface area contributed by atoms with Crippen molar-refractivity contribution in [2.45, 2.75) is 33.3 Å². The zero-order valence-electron chi connectivity index (χ0n) is 15.2. The van der Waals surface area contributed by atoms with Gasteiger partial charge in [0.1, 0.15) is 5.15 Å². The van der Waals surface area contributed by atoms with Crippen LogP contribution >= 0.6 is 35.6 Å². The Bertz CT molecular complexity index is 486. The lowest BCUT2D eigenvalue weighted by molar-refractivity contribution is 0.0301. The number of aliphatic hydroxyl groups is 1. The topological polar surface area (TPSA) is 78.8 Å². The van der Waals surface area contributed by atoms with Gasteiger partial charge in [0.05, 0.1) is 19.3 Å². The van der Waals surface area contributed by atoms with E-state index in [1.807, 2.05) is 13.0 Å². The highest BCUT2D eigenvalue weighted by atomic mass is 127. The lowest BCUT2D eigenvalue weighted by atomic mass is 10.2. The molecule has 0 amide bonds. The van der Waals surface area contributed by atoms with Crippen molar-refractivity contribution in [3.05, 3.63) is 29.0 Å². The van der Waals surface area contributed by atoms with Gasteiger partial charge in [0, 0.05) is 25.9 Å². The van der Waals surface area contributed by atoms with Crippen LogP contribution in [0, 0.1) is 5.92 Å². The second-order valence-electron chi connectivity index (χ2n) is 5.97. The van der Waals surface area contributed by atoms with Gasteiger partial charge in [-0.15, -0.1) is 24.0 Å². The molecule has 0 aliphatic heterocycles. The molecule has 1 rings (SSSR count). The van der Waals surface area contributed by atoms with Crippen molar-refractivity contribution in [1.82, 2.24) is 15.6 Å². The molecule has 0 saturated carbocycles. The maximum absolute atomic E-state index is 9.90. The van der Waals surface area contributed by atoms with E-state index in [2.05, 4.69) is 34.5 Å². The predicted octanol–water partition coefficient (Wildman–Crippen LogP) is 2.48. The average molecular weight is 485 g/mol. The minimum absolute atomic E-state index is 0. The van der Waals surface area contributed by atoms with Crippen LogP contribution in [0.15, 0.2) is 23.3 Å². The number of aromatic nitrogens is 1. The molecule has 0 saturated heterocycles. The van der Waals surface area contributed by atoms with E-state index in [-0.39, 0.29) is 24.0 Å². The van der Waals surface area contributed by atoms with E-state index in [0.717, 1.165) is 25.1 Å². The van der Waals surface area contributed by atoms with Crippen LogP contribution in [0.4, 0.5) is 0 Å². The molecular weight excluding hydrogens is 455 g/mol. The van der Waals surface area contributed by atoms with Gasteiger partial charge in [0.2, 0.25) is 0 Å². The van der Waals surface area contributed by atoms with Crippen LogP contribution in [0.5, 0.6) is 0 Å². The third-order valence-electron chi connectivity index (χ3n) is 3.06. The summed E-state index contributed by atoms with van der Waals surface area (Å²) >= 11 is 5.77. The molecule has 144 valence electrons. The summed E-state index contributed by atoms with van der Waals surface area (Å²) in [5.41, 5.74) is 1.10. The summed E-state index contributed by atoms with van der Waals surface area (Å²) in [6.07, 6.45) is 1.98. The summed E-state index contributed by atoms with van der Waals surface area (Å²) in [4.78, 5) is 8.44. The van der Waals surface area contributed by atoms with Crippen LogP contribution in [0.25, 0.3) is 0 Å². The highest BCUT2D eigenvalue weighted by Crippen LogP contribution is 2.05. The first-order valence-electron chi connectivity index (χ1n) is 8.39. The fourth-order valence-electron chi connectivity index (χ4n) is 1.91. The van der Waals surface area contributed by atoms with E-state index in [4.69, 9.17) is 16.3 Å². The maximum Gasteiger partial charge on any atom is 0.191 e. The van der Waals surface area contributed by atoms with Crippen LogP contribution in [0.1, 0.15) is 26.3 Å². The SMILES string of the molecule is CCNC(=NCC(O)COCC(C)C)NCCc1ccc(Cl)nc1.I. The molecular formula is C17H30ClIN4O2. The van der Waals surface area contributed by atoms with Crippen molar-refractivity contribution in [2.75, 3.05) is 32.8 Å². The number of hydrogen-bond donors (Lipinski definition) is 3. The fourth-order valence-corrected chi connectivity index (χ4v) is 2.02. The minimum Gasteiger partial charge on any atom is -0.389 e. The monoisotopic (exact) mass is 484 g/mol. The molecule has 25 heavy (non-hydrogen) atoms. The first-order chi connectivity index (χ1) is 11.5. The second kappa shape index (κ2) is 14.5. The highest BCUT2D eigenvalue weighted by Gasteiger charge is 2.05. The van der Waals surface area contributed by atoms with Crippen molar-refractivity contribution in [3.8, 4) is 0 Å². The summed E-state index contributed by atoms with van der Waals surface area (Å²) in [6, 6.07) is 3.74. The second-order valence-corrected chi connectivity index (χ2v) is 6.36. The molecule has 0 aliphatic rings. The molecule has 1 aromatic rings. The number of guanidine groups is 1. The molecule has 0 aromatic carbocycles. The van der Waals surface area contributed by atoms with Gasteiger partial charge in [-0.25, -0.2) is 4.98 Å². The van der Waals surface area contributed by atoms with Gasteiger partial charge in [-0.05, 0) is 30.9 Å². The Balaban J connectivity index is 0.00000576. The van der Waals surface area contributed by atoms with Crippen LogP contribution in [-0.2, 0) is 11.2 Å². The van der Waals surface area contributed by atoms with Crippen molar-refractivity contribution >= 4 is 41.5 Å². The van der Waals surface area contributed by atoms with Crippen LogP contribution in [0.2, 0.25) is 5.15 Å². The minimum atomic E-state index is -0.598. The third-order valence-corrected chi connectivity index (χ3v) is 3.28. The van der Waals surface area contributed by atoms with Crippen molar-refractivity contribution in [2.24, 2.45) is 10.9 Å². The first kappa shape index (κ1) is 24.4. The molecule has 8 heteroatoms. The van der Waals surface area contributed by atoms with Crippen LogP contribution in [-0.4, -0.2) is 55.0 Å². The number of aliphatic hydroxyl groups excluding tert-OH is 1. The van der Waals surface area contributed by atoms with E-state index in [0.29, 0.717) is 36.8 Å². The number of halogens is 2. The zero-order chi connectivity index (χ0) is 17.8. The molecule has 1 unspecified atom stereocenters. The van der Waals surface area contributed by atoms with Crippen molar-refractivity contribution in [1.29, 1.82) is 0 Å². The standard InChI is InChI=1S/C17H29ClN4O2.HI/c1-4-19-17(22-10-15(23)12-24-11-13(2)3)20-8-7-14-5-6-16(18)21-9-14;/h5-6,9,13,15,23H,4,7-8,10-12H2,1-3H3,(H2,19,20,22);1H. The Morgan fingerprint density at radius 1 is 1.32 bits per heavy atom. The number of ether oxygens (including phenoxy) is 1. The fraction of sp³-hybridized carbons (Fsp3) is 0.647. The Kier molecular flexibility index (Phi) is 14.1. The van der Waals surface area contributed by atoms with Crippen LogP contribution < -0.4 is 10.6 Å². The van der Waals surface area contributed by atoms with Crippen molar-refractivity contribution in [3.63, 3.8) is 0 Å². The van der Waals surface area contributed by atoms with Gasteiger partial charge in [-0.2, -0.15) is 0 Å². The van der Waals surface area contributed by atoms with Gasteiger partial charge >= 0.3 is 0 Å². The summed E-state index contributed by atoms with van der Waals surface area (Å²) < 4.78 is 5.42. The van der Waals surface area contributed by atoms with E-state index in [1.165, 1.54) is 0 Å². The van der Waals surface area contributed by atoms with Gasteiger partial charge in [-0.1, -0.05) is 31.5 Å². The number of hydrogen-bond acceptors (Lipinski definition) is 4.